The molecular weight excluding hydrogens is 298 g/mol. The van der Waals surface area contributed by atoms with Gasteiger partial charge in [-0.1, -0.05) is 26.0 Å². The molecule has 1 aromatic carbocycles. The lowest BCUT2D eigenvalue weighted by Gasteiger charge is -2.42. The van der Waals surface area contributed by atoms with Gasteiger partial charge in [0.1, 0.15) is 0 Å². The van der Waals surface area contributed by atoms with E-state index >= 15 is 0 Å². The van der Waals surface area contributed by atoms with Crippen LogP contribution in [0.1, 0.15) is 25.8 Å². The van der Waals surface area contributed by atoms with Crippen LogP contribution in [0.4, 0.5) is 0 Å². The predicted octanol–water partition coefficient (Wildman–Crippen LogP) is 1.50. The summed E-state index contributed by atoms with van der Waals surface area (Å²) in [5, 5.41) is 0. The SMILES string of the molecule is CN(C)S(=O)(=O)c1cccc(CN2CCC(N)C(C)(C)C2)c1. The number of nitrogens with zero attached hydrogens (tertiary/aromatic N) is 2. The van der Waals surface area contributed by atoms with Crippen molar-refractivity contribution < 1.29 is 8.42 Å². The normalized spacial score (nSPS) is 22.9. The van der Waals surface area contributed by atoms with Crippen molar-refractivity contribution in [2.75, 3.05) is 27.2 Å². The summed E-state index contributed by atoms with van der Waals surface area (Å²) in [5.41, 5.74) is 7.28. The Bertz CT molecular complexity index is 626. The van der Waals surface area contributed by atoms with E-state index in [0.717, 1.165) is 31.6 Å². The second-order valence-corrected chi connectivity index (χ2v) is 9.18. The molecule has 0 aromatic heterocycles. The molecule has 1 fully saturated rings. The van der Waals surface area contributed by atoms with E-state index in [2.05, 4.69) is 18.7 Å². The number of likely N-dealkylation sites (tertiary alicyclic amines) is 1. The van der Waals surface area contributed by atoms with Crippen LogP contribution < -0.4 is 5.73 Å². The van der Waals surface area contributed by atoms with Gasteiger partial charge in [0, 0.05) is 39.8 Å². The fourth-order valence-corrected chi connectivity index (χ4v) is 3.87. The largest absolute Gasteiger partial charge is 0.327 e. The van der Waals surface area contributed by atoms with Crippen LogP contribution in [-0.4, -0.2) is 50.8 Å². The summed E-state index contributed by atoms with van der Waals surface area (Å²) in [7, 11) is -0.273. The molecule has 0 spiro atoms. The number of rotatable bonds is 4. The van der Waals surface area contributed by atoms with E-state index < -0.39 is 10.0 Å². The van der Waals surface area contributed by atoms with Crippen LogP contribution >= 0.6 is 0 Å². The summed E-state index contributed by atoms with van der Waals surface area (Å²) < 4.78 is 25.7. The van der Waals surface area contributed by atoms with Gasteiger partial charge in [0.15, 0.2) is 0 Å². The first kappa shape index (κ1) is 17.4. The summed E-state index contributed by atoms with van der Waals surface area (Å²) in [6.45, 7) is 7.02. The molecule has 1 atom stereocenters. The van der Waals surface area contributed by atoms with E-state index in [1.807, 2.05) is 12.1 Å². The molecule has 5 nitrogen and oxygen atoms in total. The summed E-state index contributed by atoms with van der Waals surface area (Å²) >= 11 is 0. The summed E-state index contributed by atoms with van der Waals surface area (Å²) in [6, 6.07) is 7.44. The highest BCUT2D eigenvalue weighted by atomic mass is 32.2. The molecule has 0 saturated carbocycles. The molecule has 0 radical (unpaired) electrons. The molecule has 0 aliphatic carbocycles. The number of hydrogen-bond donors (Lipinski definition) is 1. The molecular formula is C16H27N3O2S. The first-order valence-electron chi connectivity index (χ1n) is 7.62. The molecule has 1 saturated heterocycles. The van der Waals surface area contributed by atoms with Gasteiger partial charge in [-0.05, 0) is 29.5 Å². The molecule has 1 aliphatic heterocycles. The Labute approximate surface area is 134 Å². The van der Waals surface area contributed by atoms with E-state index in [4.69, 9.17) is 5.73 Å². The topological polar surface area (TPSA) is 66.6 Å². The van der Waals surface area contributed by atoms with Gasteiger partial charge in [0.25, 0.3) is 0 Å². The van der Waals surface area contributed by atoms with Gasteiger partial charge in [-0.25, -0.2) is 12.7 Å². The lowest BCUT2D eigenvalue weighted by molar-refractivity contribution is 0.0898. The summed E-state index contributed by atoms with van der Waals surface area (Å²) in [6.07, 6.45) is 0.975. The standard InChI is InChI=1S/C16H27N3O2S/c1-16(2)12-19(9-8-15(16)17)11-13-6-5-7-14(10-13)22(20,21)18(3)4/h5-7,10,15H,8-9,11-12,17H2,1-4H3. The maximum atomic E-state index is 12.2. The van der Waals surface area contributed by atoms with Crippen LogP contribution in [-0.2, 0) is 16.6 Å². The second-order valence-electron chi connectivity index (χ2n) is 7.03. The Morgan fingerprint density at radius 2 is 2.05 bits per heavy atom. The molecule has 2 rings (SSSR count). The molecule has 2 N–H and O–H groups in total. The quantitative estimate of drug-likeness (QED) is 0.911. The lowest BCUT2D eigenvalue weighted by Crippen LogP contribution is -2.52. The van der Waals surface area contributed by atoms with Gasteiger partial charge >= 0.3 is 0 Å². The third kappa shape index (κ3) is 3.68. The van der Waals surface area contributed by atoms with Crippen molar-refractivity contribution in [3.63, 3.8) is 0 Å². The van der Waals surface area contributed by atoms with Crippen molar-refractivity contribution in [1.82, 2.24) is 9.21 Å². The number of benzene rings is 1. The van der Waals surface area contributed by atoms with Crippen molar-refractivity contribution >= 4 is 10.0 Å². The number of sulfonamides is 1. The van der Waals surface area contributed by atoms with Gasteiger partial charge in [0.2, 0.25) is 10.0 Å². The van der Waals surface area contributed by atoms with Crippen LogP contribution in [0, 0.1) is 5.41 Å². The third-order valence-electron chi connectivity index (χ3n) is 4.47. The minimum Gasteiger partial charge on any atom is -0.327 e. The predicted molar refractivity (Wildman–Crippen MR) is 89.0 cm³/mol. The Morgan fingerprint density at radius 3 is 2.64 bits per heavy atom. The first-order chi connectivity index (χ1) is 10.1. The molecule has 0 amide bonds. The zero-order chi connectivity index (χ0) is 16.5. The maximum Gasteiger partial charge on any atom is 0.242 e. The Balaban J connectivity index is 2.15. The van der Waals surface area contributed by atoms with E-state index in [9.17, 15) is 8.42 Å². The number of nitrogens with two attached hydrogens (primary N) is 1. The Hall–Kier alpha value is -0.950. The van der Waals surface area contributed by atoms with E-state index in [0.29, 0.717) is 4.90 Å². The highest BCUT2D eigenvalue weighted by Crippen LogP contribution is 2.28. The van der Waals surface area contributed by atoms with Crippen molar-refractivity contribution in [3.8, 4) is 0 Å². The van der Waals surface area contributed by atoms with Gasteiger partial charge < -0.3 is 5.73 Å². The average Bonchev–Trinajstić information content (AvgIpc) is 2.43. The van der Waals surface area contributed by atoms with Crippen LogP contribution in [0.25, 0.3) is 0 Å². The number of hydrogen-bond acceptors (Lipinski definition) is 4. The second kappa shape index (κ2) is 6.28. The van der Waals surface area contributed by atoms with Crippen LogP contribution in [0.2, 0.25) is 0 Å². The molecule has 124 valence electrons. The third-order valence-corrected chi connectivity index (χ3v) is 6.29. The van der Waals surface area contributed by atoms with Crippen molar-refractivity contribution in [2.24, 2.45) is 11.1 Å². The van der Waals surface area contributed by atoms with Crippen LogP contribution in [0.5, 0.6) is 0 Å². The van der Waals surface area contributed by atoms with Gasteiger partial charge in [0.05, 0.1) is 4.90 Å². The van der Waals surface area contributed by atoms with Crippen LogP contribution in [0.3, 0.4) is 0 Å². The van der Waals surface area contributed by atoms with Gasteiger partial charge in [-0.2, -0.15) is 0 Å². The highest BCUT2D eigenvalue weighted by molar-refractivity contribution is 7.89. The van der Waals surface area contributed by atoms with E-state index in [-0.39, 0.29) is 11.5 Å². The minimum absolute atomic E-state index is 0.0889. The monoisotopic (exact) mass is 325 g/mol. The van der Waals surface area contributed by atoms with E-state index in [1.54, 1.807) is 26.2 Å². The van der Waals surface area contributed by atoms with Crippen molar-refractivity contribution in [2.45, 2.75) is 37.8 Å². The molecule has 1 aromatic rings. The summed E-state index contributed by atoms with van der Waals surface area (Å²) in [4.78, 5) is 2.70. The van der Waals surface area contributed by atoms with Crippen molar-refractivity contribution in [3.05, 3.63) is 29.8 Å². The molecule has 1 aliphatic rings. The highest BCUT2D eigenvalue weighted by Gasteiger charge is 2.33. The van der Waals surface area contributed by atoms with Gasteiger partial charge in [-0.15, -0.1) is 0 Å². The smallest absolute Gasteiger partial charge is 0.242 e. The molecule has 0 bridgehead atoms. The molecule has 22 heavy (non-hydrogen) atoms. The molecule has 1 unspecified atom stereocenters. The van der Waals surface area contributed by atoms with Crippen molar-refractivity contribution in [1.29, 1.82) is 0 Å². The molecule has 1 heterocycles. The maximum absolute atomic E-state index is 12.2. The fourth-order valence-electron chi connectivity index (χ4n) is 2.89. The molecule has 6 heteroatoms. The summed E-state index contributed by atoms with van der Waals surface area (Å²) in [5.74, 6) is 0. The first-order valence-corrected chi connectivity index (χ1v) is 9.06. The fraction of sp³-hybridized carbons (Fsp3) is 0.625. The Kier molecular flexibility index (Phi) is 4.96. The zero-order valence-corrected chi connectivity index (χ0v) is 14.7. The van der Waals surface area contributed by atoms with E-state index in [1.165, 1.54) is 4.31 Å². The number of piperidine rings is 1. The van der Waals surface area contributed by atoms with Crippen LogP contribution in [0.15, 0.2) is 29.2 Å². The Morgan fingerprint density at radius 1 is 1.36 bits per heavy atom. The van der Waals surface area contributed by atoms with Gasteiger partial charge in [-0.3, -0.25) is 4.90 Å². The average molecular weight is 325 g/mol. The zero-order valence-electron chi connectivity index (χ0n) is 13.9. The minimum atomic E-state index is -3.38. The lowest BCUT2D eigenvalue weighted by atomic mass is 9.79.